The van der Waals surface area contributed by atoms with Gasteiger partial charge in [-0.15, -0.1) is 0 Å². The van der Waals surface area contributed by atoms with Crippen molar-refractivity contribution in [1.82, 2.24) is 0 Å². The van der Waals surface area contributed by atoms with Crippen LogP contribution in [0.3, 0.4) is 0 Å². The van der Waals surface area contributed by atoms with E-state index < -0.39 is 5.91 Å². The Kier molecular flexibility index (Phi) is 4.97. The Morgan fingerprint density at radius 3 is 2.82 bits per heavy atom. The summed E-state index contributed by atoms with van der Waals surface area (Å²) in [6.07, 6.45) is 1.45. The third kappa shape index (κ3) is 4.07. The molecule has 0 fully saturated rings. The van der Waals surface area contributed by atoms with Crippen LogP contribution in [0.1, 0.15) is 12.5 Å². The highest BCUT2D eigenvalue weighted by Gasteiger charge is 2.05. The van der Waals surface area contributed by atoms with Gasteiger partial charge in [0.05, 0.1) is 6.61 Å². The molecule has 1 amide bonds. The van der Waals surface area contributed by atoms with Crippen molar-refractivity contribution in [2.45, 2.75) is 6.92 Å². The van der Waals surface area contributed by atoms with Gasteiger partial charge in [0.1, 0.15) is 17.4 Å². The molecule has 5 heteroatoms. The van der Waals surface area contributed by atoms with Crippen molar-refractivity contribution in [3.63, 3.8) is 0 Å². The summed E-state index contributed by atoms with van der Waals surface area (Å²) in [7, 11) is 0. The SMILES string of the molecule is CCOc1cc(I)cc(/C=C(\C#N)C(N)=O)c1. The van der Waals surface area contributed by atoms with Gasteiger partial charge in [-0.25, -0.2) is 0 Å². The predicted molar refractivity (Wildman–Crippen MR) is 73.1 cm³/mol. The number of amides is 1. The number of nitrogens with two attached hydrogens (primary N) is 1. The third-order valence-electron chi connectivity index (χ3n) is 1.90. The van der Waals surface area contributed by atoms with Crippen LogP contribution in [0, 0.1) is 14.9 Å². The molecule has 0 saturated carbocycles. The smallest absolute Gasteiger partial charge is 0.259 e. The van der Waals surface area contributed by atoms with Gasteiger partial charge >= 0.3 is 0 Å². The Labute approximate surface area is 113 Å². The molecule has 2 N–H and O–H groups in total. The number of rotatable bonds is 4. The minimum Gasteiger partial charge on any atom is -0.494 e. The molecular weight excluding hydrogens is 331 g/mol. The number of carbonyl (C=O) groups is 1. The van der Waals surface area contributed by atoms with Crippen molar-refractivity contribution >= 4 is 34.6 Å². The molecule has 0 unspecified atom stereocenters. The van der Waals surface area contributed by atoms with Gasteiger partial charge in [-0.2, -0.15) is 5.26 Å². The molecule has 0 saturated heterocycles. The normalized spacial score (nSPS) is 10.8. The van der Waals surface area contributed by atoms with Crippen molar-refractivity contribution in [2.24, 2.45) is 5.73 Å². The number of nitrogens with zero attached hydrogens (tertiary/aromatic N) is 1. The van der Waals surface area contributed by atoms with E-state index in [0.29, 0.717) is 12.4 Å². The number of halogens is 1. The fourth-order valence-corrected chi connectivity index (χ4v) is 1.91. The second-order valence-electron chi connectivity index (χ2n) is 3.19. The van der Waals surface area contributed by atoms with Crippen LogP contribution in [0.2, 0.25) is 0 Å². The summed E-state index contributed by atoms with van der Waals surface area (Å²) >= 11 is 2.14. The van der Waals surface area contributed by atoms with Crippen molar-refractivity contribution in [3.8, 4) is 11.8 Å². The first-order valence-electron chi connectivity index (χ1n) is 4.91. The average molecular weight is 342 g/mol. The average Bonchev–Trinajstić information content (AvgIpc) is 2.25. The molecule has 1 rings (SSSR count). The lowest BCUT2D eigenvalue weighted by Crippen LogP contribution is -2.12. The number of primary amides is 1. The maximum atomic E-state index is 10.9. The van der Waals surface area contributed by atoms with Crippen LogP contribution >= 0.6 is 22.6 Å². The van der Waals surface area contributed by atoms with Gasteiger partial charge in [-0.3, -0.25) is 4.79 Å². The number of nitriles is 1. The zero-order chi connectivity index (χ0) is 12.8. The minimum absolute atomic E-state index is 0.0746. The zero-order valence-corrected chi connectivity index (χ0v) is 11.4. The van der Waals surface area contributed by atoms with E-state index in [1.165, 1.54) is 6.08 Å². The largest absolute Gasteiger partial charge is 0.494 e. The summed E-state index contributed by atoms with van der Waals surface area (Å²) < 4.78 is 6.33. The van der Waals surface area contributed by atoms with E-state index in [4.69, 9.17) is 15.7 Å². The maximum absolute atomic E-state index is 10.9. The predicted octanol–water partition coefficient (Wildman–Crippen LogP) is 2.08. The molecule has 4 nitrogen and oxygen atoms in total. The van der Waals surface area contributed by atoms with Gasteiger partial charge in [0, 0.05) is 3.57 Å². The highest BCUT2D eigenvalue weighted by molar-refractivity contribution is 14.1. The Hall–Kier alpha value is -1.55. The summed E-state index contributed by atoms with van der Waals surface area (Å²) in [5, 5.41) is 8.75. The van der Waals surface area contributed by atoms with Crippen molar-refractivity contribution < 1.29 is 9.53 Å². The van der Waals surface area contributed by atoms with E-state index in [-0.39, 0.29) is 5.57 Å². The standard InChI is InChI=1S/C12H11IN2O2/c1-2-17-11-5-8(4-10(13)6-11)3-9(7-14)12(15)16/h3-6H,2H2,1H3,(H2,15,16)/b9-3+. The molecule has 0 radical (unpaired) electrons. The molecule has 0 spiro atoms. The van der Waals surface area contributed by atoms with Gasteiger partial charge < -0.3 is 10.5 Å². The van der Waals surface area contributed by atoms with Gasteiger partial charge in [0.15, 0.2) is 0 Å². The molecule has 0 atom stereocenters. The van der Waals surface area contributed by atoms with Gasteiger partial charge in [0.2, 0.25) is 0 Å². The monoisotopic (exact) mass is 342 g/mol. The molecule has 0 aliphatic carbocycles. The lowest BCUT2D eigenvalue weighted by Gasteiger charge is -2.05. The zero-order valence-electron chi connectivity index (χ0n) is 9.24. The Bertz CT molecular complexity index is 504. The Morgan fingerprint density at radius 1 is 1.59 bits per heavy atom. The first-order valence-corrected chi connectivity index (χ1v) is 5.99. The molecule has 17 heavy (non-hydrogen) atoms. The van der Waals surface area contributed by atoms with E-state index in [1.54, 1.807) is 12.1 Å². The summed E-state index contributed by atoms with van der Waals surface area (Å²) in [6, 6.07) is 7.23. The first-order chi connectivity index (χ1) is 8.06. The molecule has 0 aliphatic heterocycles. The maximum Gasteiger partial charge on any atom is 0.259 e. The van der Waals surface area contributed by atoms with Crippen LogP contribution < -0.4 is 10.5 Å². The fraction of sp³-hybridized carbons (Fsp3) is 0.167. The molecule has 0 bridgehead atoms. The second-order valence-corrected chi connectivity index (χ2v) is 4.43. The summed E-state index contributed by atoms with van der Waals surface area (Å²) in [4.78, 5) is 10.9. The minimum atomic E-state index is -0.732. The van der Waals surface area contributed by atoms with Crippen molar-refractivity contribution in [1.29, 1.82) is 5.26 Å². The number of carbonyl (C=O) groups excluding carboxylic acids is 1. The number of benzene rings is 1. The molecular formula is C12H11IN2O2. The van der Waals surface area contributed by atoms with E-state index in [1.807, 2.05) is 19.1 Å². The van der Waals surface area contributed by atoms with E-state index in [2.05, 4.69) is 22.6 Å². The number of ether oxygens (including phenoxy) is 1. The van der Waals surface area contributed by atoms with Crippen LogP contribution in [0.5, 0.6) is 5.75 Å². The lowest BCUT2D eigenvalue weighted by molar-refractivity contribution is -0.114. The van der Waals surface area contributed by atoms with E-state index >= 15 is 0 Å². The van der Waals surface area contributed by atoms with Crippen LogP contribution in [0.25, 0.3) is 6.08 Å². The van der Waals surface area contributed by atoms with Gasteiger partial charge in [-0.05, 0) is 59.4 Å². The van der Waals surface area contributed by atoms with E-state index in [9.17, 15) is 4.79 Å². The molecule has 88 valence electrons. The third-order valence-corrected chi connectivity index (χ3v) is 2.52. The van der Waals surface area contributed by atoms with Crippen molar-refractivity contribution in [2.75, 3.05) is 6.61 Å². The Balaban J connectivity index is 3.14. The number of hydrogen-bond donors (Lipinski definition) is 1. The highest BCUT2D eigenvalue weighted by Crippen LogP contribution is 2.20. The molecule has 0 aromatic heterocycles. The number of hydrogen-bond acceptors (Lipinski definition) is 3. The van der Waals surface area contributed by atoms with Crippen LogP contribution in [-0.2, 0) is 4.79 Å². The lowest BCUT2D eigenvalue weighted by atomic mass is 10.1. The molecule has 0 heterocycles. The quantitative estimate of drug-likeness (QED) is 0.517. The van der Waals surface area contributed by atoms with Crippen molar-refractivity contribution in [3.05, 3.63) is 32.9 Å². The summed E-state index contributed by atoms with van der Waals surface area (Å²) in [5.41, 5.74) is 5.71. The Morgan fingerprint density at radius 2 is 2.29 bits per heavy atom. The topological polar surface area (TPSA) is 76.1 Å². The molecule has 0 aliphatic rings. The highest BCUT2D eigenvalue weighted by atomic mass is 127. The van der Waals surface area contributed by atoms with Crippen LogP contribution in [0.4, 0.5) is 0 Å². The fourth-order valence-electron chi connectivity index (χ4n) is 1.24. The van der Waals surface area contributed by atoms with Crippen LogP contribution in [0.15, 0.2) is 23.8 Å². The van der Waals surface area contributed by atoms with Crippen LogP contribution in [-0.4, -0.2) is 12.5 Å². The second kappa shape index (κ2) is 6.25. The first kappa shape index (κ1) is 13.5. The summed E-state index contributed by atoms with van der Waals surface area (Å²) in [6.45, 7) is 2.45. The van der Waals surface area contributed by atoms with E-state index in [0.717, 1.165) is 9.13 Å². The van der Waals surface area contributed by atoms with Gasteiger partial charge in [0.25, 0.3) is 5.91 Å². The molecule has 1 aromatic rings. The summed E-state index contributed by atoms with van der Waals surface area (Å²) in [5.74, 6) is -0.0308. The molecule has 1 aromatic carbocycles. The van der Waals surface area contributed by atoms with Gasteiger partial charge in [-0.1, -0.05) is 0 Å².